The summed E-state index contributed by atoms with van der Waals surface area (Å²) in [6.07, 6.45) is 4.34. The number of hydrogen-bond donors (Lipinski definition) is 1. The highest BCUT2D eigenvalue weighted by atomic mass is 19.3. The maximum absolute atomic E-state index is 12.7. The van der Waals surface area contributed by atoms with Gasteiger partial charge in [0.2, 0.25) is 5.91 Å². The largest absolute Gasteiger partial charge is 0.493 e. The molecule has 1 heterocycles. The molecule has 1 aromatic heterocycles. The molecule has 3 aromatic rings. The number of ether oxygens (including phenoxy) is 3. The summed E-state index contributed by atoms with van der Waals surface area (Å²) in [5.74, 6) is 0.279. The van der Waals surface area contributed by atoms with Gasteiger partial charge in [-0.1, -0.05) is 30.3 Å². The molecule has 0 fully saturated rings. The summed E-state index contributed by atoms with van der Waals surface area (Å²) in [6.45, 7) is -2.41. The monoisotopic (exact) mass is 440 g/mol. The Morgan fingerprint density at radius 3 is 2.72 bits per heavy atom. The molecule has 0 aliphatic heterocycles. The fraction of sp³-hybridized carbons (Fsp3) is 0.167. The molecule has 0 saturated heterocycles. The quantitative estimate of drug-likeness (QED) is 0.467. The van der Waals surface area contributed by atoms with Crippen LogP contribution in [0.15, 0.2) is 72.9 Å². The number of benzene rings is 2. The number of halogens is 2. The lowest BCUT2D eigenvalue weighted by molar-refractivity contribution is -0.116. The predicted octanol–water partition coefficient (Wildman–Crippen LogP) is 4.60. The summed E-state index contributed by atoms with van der Waals surface area (Å²) in [5.41, 5.74) is 1.95. The third-order valence-electron chi connectivity index (χ3n) is 4.33. The van der Waals surface area contributed by atoms with E-state index in [1.54, 1.807) is 18.3 Å². The highest BCUT2D eigenvalue weighted by Crippen LogP contribution is 2.33. The number of aromatic nitrogens is 1. The summed E-state index contributed by atoms with van der Waals surface area (Å²) in [6, 6.07) is 17.6. The number of nitrogens with one attached hydrogen (secondary N) is 1. The van der Waals surface area contributed by atoms with Crippen LogP contribution < -0.4 is 19.5 Å². The van der Waals surface area contributed by atoms with E-state index in [-0.39, 0.29) is 18.0 Å². The van der Waals surface area contributed by atoms with Crippen LogP contribution in [0, 0.1) is 0 Å². The first-order valence-corrected chi connectivity index (χ1v) is 9.74. The number of methoxy groups -OCH3 is 1. The fourth-order valence-electron chi connectivity index (χ4n) is 2.84. The van der Waals surface area contributed by atoms with Gasteiger partial charge in [-0.15, -0.1) is 0 Å². The van der Waals surface area contributed by atoms with Crippen LogP contribution in [-0.4, -0.2) is 24.6 Å². The predicted molar refractivity (Wildman–Crippen MR) is 116 cm³/mol. The van der Waals surface area contributed by atoms with E-state index in [0.717, 1.165) is 11.3 Å². The van der Waals surface area contributed by atoms with E-state index in [4.69, 9.17) is 9.47 Å². The van der Waals surface area contributed by atoms with Crippen molar-refractivity contribution in [1.29, 1.82) is 0 Å². The van der Waals surface area contributed by atoms with Crippen molar-refractivity contribution in [2.45, 2.75) is 19.8 Å². The van der Waals surface area contributed by atoms with Crippen molar-refractivity contribution < 1.29 is 27.8 Å². The van der Waals surface area contributed by atoms with E-state index in [0.29, 0.717) is 17.9 Å². The highest BCUT2D eigenvalue weighted by Gasteiger charge is 2.14. The minimum Gasteiger partial charge on any atom is -0.493 e. The number of alkyl halides is 2. The van der Waals surface area contributed by atoms with Crippen molar-refractivity contribution >= 4 is 12.0 Å². The SMILES string of the molecule is COc1cccc(/C=C/C(=O)NCc2cccc(OCc3ccccn3)c2)c1OC(F)F. The standard InChI is InChI=1S/C24H22F2N2O4/c1-30-21-10-5-7-18(23(21)32-24(25)26)11-12-22(29)28-15-17-6-4-9-20(14-17)31-16-19-8-2-3-13-27-19/h2-14,24H,15-16H2,1H3,(H,28,29)/b12-11+. The second kappa shape index (κ2) is 11.5. The first-order chi connectivity index (χ1) is 15.5. The Balaban J connectivity index is 1.58. The van der Waals surface area contributed by atoms with Crippen molar-refractivity contribution in [2.75, 3.05) is 7.11 Å². The third-order valence-corrected chi connectivity index (χ3v) is 4.33. The molecule has 0 bridgehead atoms. The molecule has 3 rings (SSSR count). The zero-order valence-electron chi connectivity index (χ0n) is 17.3. The van der Waals surface area contributed by atoms with Crippen molar-refractivity contribution in [3.05, 3.63) is 89.8 Å². The molecule has 0 spiro atoms. The Hall–Kier alpha value is -3.94. The Labute approximate surface area is 184 Å². The van der Waals surface area contributed by atoms with Crippen molar-refractivity contribution in [1.82, 2.24) is 10.3 Å². The van der Waals surface area contributed by atoms with Gasteiger partial charge in [-0.25, -0.2) is 0 Å². The molecule has 8 heteroatoms. The average Bonchev–Trinajstić information content (AvgIpc) is 2.81. The van der Waals surface area contributed by atoms with Crippen LogP contribution in [0.4, 0.5) is 8.78 Å². The van der Waals surface area contributed by atoms with E-state index in [1.165, 1.54) is 25.3 Å². The fourth-order valence-corrected chi connectivity index (χ4v) is 2.84. The van der Waals surface area contributed by atoms with Gasteiger partial charge >= 0.3 is 6.61 Å². The molecule has 0 saturated carbocycles. The number of hydrogen-bond acceptors (Lipinski definition) is 5. The third kappa shape index (κ3) is 6.80. The molecular formula is C24H22F2N2O4. The topological polar surface area (TPSA) is 69.7 Å². The molecule has 1 N–H and O–H groups in total. The molecule has 166 valence electrons. The smallest absolute Gasteiger partial charge is 0.387 e. The van der Waals surface area contributed by atoms with Crippen molar-refractivity contribution in [2.24, 2.45) is 0 Å². The minimum atomic E-state index is -3.01. The zero-order valence-corrected chi connectivity index (χ0v) is 17.3. The van der Waals surface area contributed by atoms with Crippen LogP contribution in [0.3, 0.4) is 0 Å². The Kier molecular flexibility index (Phi) is 8.14. The van der Waals surface area contributed by atoms with Crippen LogP contribution in [-0.2, 0) is 17.9 Å². The Bertz CT molecular complexity index is 1060. The molecule has 32 heavy (non-hydrogen) atoms. The molecule has 0 aliphatic rings. The summed E-state index contributed by atoms with van der Waals surface area (Å²) < 4.78 is 40.7. The van der Waals surface area contributed by atoms with Crippen LogP contribution in [0.2, 0.25) is 0 Å². The molecular weight excluding hydrogens is 418 g/mol. The molecule has 0 atom stereocenters. The molecule has 6 nitrogen and oxygen atoms in total. The van der Waals surface area contributed by atoms with Gasteiger partial charge in [0.05, 0.1) is 12.8 Å². The van der Waals surface area contributed by atoms with Gasteiger partial charge in [0.15, 0.2) is 11.5 Å². The number of pyridine rings is 1. The summed E-state index contributed by atoms with van der Waals surface area (Å²) in [7, 11) is 1.35. The van der Waals surface area contributed by atoms with E-state index in [2.05, 4.69) is 15.0 Å². The molecule has 0 radical (unpaired) electrons. The Morgan fingerprint density at radius 1 is 1.12 bits per heavy atom. The van der Waals surface area contributed by atoms with Gasteiger partial charge in [0.1, 0.15) is 12.4 Å². The van der Waals surface area contributed by atoms with Gasteiger partial charge in [-0.2, -0.15) is 8.78 Å². The lowest BCUT2D eigenvalue weighted by Crippen LogP contribution is -2.20. The number of carbonyl (C=O) groups is 1. The summed E-state index contributed by atoms with van der Waals surface area (Å²) >= 11 is 0. The van der Waals surface area contributed by atoms with Crippen molar-refractivity contribution in [3.63, 3.8) is 0 Å². The first kappa shape index (κ1) is 22.7. The van der Waals surface area contributed by atoms with E-state index in [9.17, 15) is 13.6 Å². The average molecular weight is 440 g/mol. The second-order valence-electron chi connectivity index (χ2n) is 6.57. The lowest BCUT2D eigenvalue weighted by atomic mass is 10.1. The number of amides is 1. The van der Waals surface area contributed by atoms with Crippen LogP contribution in [0.5, 0.6) is 17.2 Å². The van der Waals surface area contributed by atoms with E-state index in [1.807, 2.05) is 42.5 Å². The van der Waals surface area contributed by atoms with E-state index < -0.39 is 12.5 Å². The summed E-state index contributed by atoms with van der Waals surface area (Å²) in [4.78, 5) is 16.4. The summed E-state index contributed by atoms with van der Waals surface area (Å²) in [5, 5.41) is 2.75. The first-order valence-electron chi connectivity index (χ1n) is 9.74. The van der Waals surface area contributed by atoms with Crippen LogP contribution in [0.25, 0.3) is 6.08 Å². The number of nitrogens with zero attached hydrogens (tertiary/aromatic N) is 1. The van der Waals surface area contributed by atoms with E-state index >= 15 is 0 Å². The van der Waals surface area contributed by atoms with Gasteiger partial charge in [0, 0.05) is 24.4 Å². The van der Waals surface area contributed by atoms with Crippen molar-refractivity contribution in [3.8, 4) is 17.2 Å². The number of carbonyl (C=O) groups excluding carboxylic acids is 1. The molecule has 0 unspecified atom stereocenters. The second-order valence-corrected chi connectivity index (χ2v) is 6.57. The minimum absolute atomic E-state index is 0.133. The molecule has 2 aromatic carbocycles. The van der Waals surface area contributed by atoms with Gasteiger partial charge in [0.25, 0.3) is 0 Å². The normalized spacial score (nSPS) is 10.9. The number of rotatable bonds is 10. The molecule has 1 amide bonds. The highest BCUT2D eigenvalue weighted by molar-refractivity contribution is 5.92. The Morgan fingerprint density at radius 2 is 1.97 bits per heavy atom. The van der Waals surface area contributed by atoms with Gasteiger partial charge < -0.3 is 19.5 Å². The maximum atomic E-state index is 12.7. The molecule has 0 aliphatic carbocycles. The maximum Gasteiger partial charge on any atom is 0.387 e. The number of para-hydroxylation sites is 1. The van der Waals surface area contributed by atoms with Gasteiger partial charge in [-0.3, -0.25) is 9.78 Å². The lowest BCUT2D eigenvalue weighted by Gasteiger charge is -2.12. The zero-order chi connectivity index (χ0) is 22.8. The van der Waals surface area contributed by atoms with Crippen LogP contribution >= 0.6 is 0 Å². The van der Waals surface area contributed by atoms with Crippen LogP contribution in [0.1, 0.15) is 16.8 Å². The van der Waals surface area contributed by atoms with Gasteiger partial charge in [-0.05, 0) is 42.0 Å².